The number of benzene rings is 1. The van der Waals surface area contributed by atoms with E-state index in [2.05, 4.69) is 30.9 Å². The van der Waals surface area contributed by atoms with Crippen molar-refractivity contribution in [2.45, 2.75) is 11.3 Å². The molecule has 10 heteroatoms. The molecule has 23 heavy (non-hydrogen) atoms. The predicted octanol–water partition coefficient (Wildman–Crippen LogP) is 2.01. The van der Waals surface area contributed by atoms with Crippen LogP contribution in [0.5, 0.6) is 0 Å². The predicted molar refractivity (Wildman–Crippen MR) is 97.7 cm³/mol. The van der Waals surface area contributed by atoms with E-state index >= 15 is 0 Å². The molecule has 1 aliphatic heterocycles. The molecule has 1 saturated heterocycles. The van der Waals surface area contributed by atoms with Crippen molar-refractivity contribution in [1.29, 1.82) is 0 Å². The van der Waals surface area contributed by atoms with Gasteiger partial charge in [-0.3, -0.25) is 0 Å². The Morgan fingerprint density at radius 3 is 2.52 bits per heavy atom. The van der Waals surface area contributed by atoms with E-state index in [1.165, 1.54) is 12.1 Å². The Bertz CT molecular complexity index is 587. The highest BCUT2D eigenvalue weighted by Crippen LogP contribution is 2.19. The Morgan fingerprint density at radius 1 is 1.26 bits per heavy atom. The second-order valence-corrected chi connectivity index (χ2v) is 7.57. The molecule has 0 saturated carbocycles. The van der Waals surface area contributed by atoms with Crippen molar-refractivity contribution in [2.75, 3.05) is 39.3 Å². The first-order chi connectivity index (χ1) is 9.99. The lowest BCUT2D eigenvalue weighted by atomic mass is 10.3. The Kier molecular flexibility index (Phi) is 10.8. The SMILES string of the molecule is Cl.Cl.O=S(=O)(NCCCN1CCNCC1)c1ccc(Br)cc1F. The Balaban J connectivity index is 0.00000242. The molecule has 0 aliphatic carbocycles. The third-order valence-electron chi connectivity index (χ3n) is 3.34. The third-order valence-corrected chi connectivity index (χ3v) is 5.32. The largest absolute Gasteiger partial charge is 0.314 e. The maximum atomic E-state index is 13.7. The van der Waals surface area contributed by atoms with Gasteiger partial charge in [-0.25, -0.2) is 17.5 Å². The third kappa shape index (κ3) is 7.21. The molecule has 134 valence electrons. The van der Waals surface area contributed by atoms with Crippen LogP contribution in [0.1, 0.15) is 6.42 Å². The molecule has 0 bridgehead atoms. The molecule has 0 radical (unpaired) electrons. The molecule has 2 rings (SSSR count). The van der Waals surface area contributed by atoms with E-state index in [0.29, 0.717) is 17.4 Å². The molecule has 1 heterocycles. The van der Waals surface area contributed by atoms with E-state index in [0.717, 1.165) is 38.8 Å². The lowest BCUT2D eigenvalue weighted by Crippen LogP contribution is -2.44. The van der Waals surface area contributed by atoms with Crippen LogP contribution in [0, 0.1) is 5.82 Å². The molecule has 0 amide bonds. The summed E-state index contributed by atoms with van der Waals surface area (Å²) in [7, 11) is -3.79. The van der Waals surface area contributed by atoms with E-state index < -0.39 is 15.8 Å². The fourth-order valence-corrected chi connectivity index (χ4v) is 3.68. The number of sulfonamides is 1. The Hall–Kier alpha value is 0.0400. The van der Waals surface area contributed by atoms with Crippen LogP contribution in [0.3, 0.4) is 0 Å². The summed E-state index contributed by atoms with van der Waals surface area (Å²) in [6, 6.07) is 3.92. The molecule has 0 spiro atoms. The molecular weight excluding hydrogens is 432 g/mol. The van der Waals surface area contributed by atoms with Crippen LogP contribution in [0.2, 0.25) is 0 Å². The number of nitrogens with zero attached hydrogens (tertiary/aromatic N) is 1. The summed E-state index contributed by atoms with van der Waals surface area (Å²) >= 11 is 3.11. The van der Waals surface area contributed by atoms with Gasteiger partial charge in [0.05, 0.1) is 0 Å². The van der Waals surface area contributed by atoms with Crippen molar-refractivity contribution in [1.82, 2.24) is 14.9 Å². The summed E-state index contributed by atoms with van der Waals surface area (Å²) in [4.78, 5) is 1.97. The van der Waals surface area contributed by atoms with Crippen molar-refractivity contribution in [3.05, 3.63) is 28.5 Å². The van der Waals surface area contributed by atoms with Crippen molar-refractivity contribution in [3.63, 3.8) is 0 Å². The summed E-state index contributed by atoms with van der Waals surface area (Å²) in [5.41, 5.74) is 0. The van der Waals surface area contributed by atoms with Crippen molar-refractivity contribution < 1.29 is 12.8 Å². The Labute approximate surface area is 157 Å². The molecule has 2 N–H and O–H groups in total. The second kappa shape index (κ2) is 10.8. The highest BCUT2D eigenvalue weighted by atomic mass is 79.9. The fraction of sp³-hybridized carbons (Fsp3) is 0.538. The van der Waals surface area contributed by atoms with Gasteiger partial charge in [0.1, 0.15) is 10.7 Å². The number of hydrogen-bond acceptors (Lipinski definition) is 4. The summed E-state index contributed by atoms with van der Waals surface area (Å²) in [5, 5.41) is 3.26. The quantitative estimate of drug-likeness (QED) is 0.648. The van der Waals surface area contributed by atoms with Gasteiger partial charge in [-0.2, -0.15) is 0 Å². The Morgan fingerprint density at radius 2 is 1.91 bits per heavy atom. The van der Waals surface area contributed by atoms with Crippen LogP contribution >= 0.6 is 40.7 Å². The van der Waals surface area contributed by atoms with Crippen LogP contribution in [-0.2, 0) is 10.0 Å². The van der Waals surface area contributed by atoms with Crippen LogP contribution < -0.4 is 10.0 Å². The first kappa shape index (κ1) is 23.0. The smallest absolute Gasteiger partial charge is 0.243 e. The van der Waals surface area contributed by atoms with E-state index in [4.69, 9.17) is 0 Å². The van der Waals surface area contributed by atoms with Gasteiger partial charge >= 0.3 is 0 Å². The molecule has 1 aliphatic rings. The van der Waals surface area contributed by atoms with Gasteiger partial charge in [0.25, 0.3) is 0 Å². The second-order valence-electron chi connectivity index (χ2n) is 4.92. The molecule has 0 aromatic heterocycles. The summed E-state index contributed by atoms with van der Waals surface area (Å²) in [6.45, 7) is 5.04. The average molecular weight is 453 g/mol. The van der Waals surface area contributed by atoms with E-state index in [9.17, 15) is 12.8 Å². The summed E-state index contributed by atoms with van der Waals surface area (Å²) < 4.78 is 40.7. The lowest BCUT2D eigenvalue weighted by Gasteiger charge is -2.27. The average Bonchev–Trinajstić information content (AvgIpc) is 2.44. The van der Waals surface area contributed by atoms with Gasteiger partial charge in [0.2, 0.25) is 10.0 Å². The zero-order chi connectivity index (χ0) is 15.3. The maximum absolute atomic E-state index is 13.7. The van der Waals surface area contributed by atoms with E-state index in [1.54, 1.807) is 0 Å². The zero-order valence-corrected chi connectivity index (χ0v) is 16.5. The van der Waals surface area contributed by atoms with Crippen molar-refractivity contribution in [3.8, 4) is 0 Å². The highest BCUT2D eigenvalue weighted by molar-refractivity contribution is 9.10. The molecule has 0 unspecified atom stereocenters. The van der Waals surface area contributed by atoms with Gasteiger partial charge in [0, 0.05) is 37.2 Å². The molecule has 0 atom stereocenters. The molecule has 1 aromatic rings. The zero-order valence-electron chi connectivity index (χ0n) is 12.4. The van der Waals surface area contributed by atoms with Crippen LogP contribution in [0.15, 0.2) is 27.6 Å². The maximum Gasteiger partial charge on any atom is 0.243 e. The van der Waals surface area contributed by atoms with E-state index in [-0.39, 0.29) is 29.7 Å². The number of piperazine rings is 1. The van der Waals surface area contributed by atoms with Crippen molar-refractivity contribution in [2.24, 2.45) is 0 Å². The number of rotatable bonds is 6. The topological polar surface area (TPSA) is 61.4 Å². The van der Waals surface area contributed by atoms with Crippen LogP contribution in [0.25, 0.3) is 0 Å². The summed E-state index contributed by atoms with van der Waals surface area (Å²) in [6.07, 6.45) is 0.706. The van der Waals surface area contributed by atoms with Gasteiger partial charge in [-0.15, -0.1) is 24.8 Å². The summed E-state index contributed by atoms with van der Waals surface area (Å²) in [5.74, 6) is -0.751. The first-order valence-electron chi connectivity index (χ1n) is 6.87. The molecule has 1 fully saturated rings. The molecule has 1 aromatic carbocycles. The first-order valence-corrected chi connectivity index (χ1v) is 9.14. The number of halogens is 4. The van der Waals surface area contributed by atoms with Crippen LogP contribution in [0.4, 0.5) is 4.39 Å². The standard InChI is InChI=1S/C13H19BrFN3O2S.2ClH/c14-11-2-3-13(12(15)10-11)21(19,20)17-4-1-7-18-8-5-16-6-9-18;;/h2-3,10,16-17H,1,4-9H2;2*1H. The lowest BCUT2D eigenvalue weighted by molar-refractivity contribution is 0.239. The minimum absolute atomic E-state index is 0. The van der Waals surface area contributed by atoms with Gasteiger partial charge < -0.3 is 10.2 Å². The highest BCUT2D eigenvalue weighted by Gasteiger charge is 2.18. The number of hydrogen-bond donors (Lipinski definition) is 2. The monoisotopic (exact) mass is 451 g/mol. The van der Waals surface area contributed by atoms with E-state index in [1.807, 2.05) is 0 Å². The molecular formula is C13H21BrCl2FN3O2S. The van der Waals surface area contributed by atoms with Gasteiger partial charge in [0.15, 0.2) is 0 Å². The fourth-order valence-electron chi connectivity index (χ4n) is 2.21. The minimum Gasteiger partial charge on any atom is -0.314 e. The van der Waals surface area contributed by atoms with Crippen LogP contribution in [-0.4, -0.2) is 52.6 Å². The number of nitrogens with one attached hydrogen (secondary N) is 2. The normalized spacial score (nSPS) is 15.6. The van der Waals surface area contributed by atoms with Gasteiger partial charge in [-0.1, -0.05) is 15.9 Å². The minimum atomic E-state index is -3.79. The van der Waals surface area contributed by atoms with Gasteiger partial charge in [-0.05, 0) is 31.2 Å². The molecule has 5 nitrogen and oxygen atoms in total. The van der Waals surface area contributed by atoms with Crippen molar-refractivity contribution >= 4 is 50.8 Å².